The highest BCUT2D eigenvalue weighted by Crippen LogP contribution is 2.26. The van der Waals surface area contributed by atoms with E-state index in [4.69, 9.17) is 0 Å². The van der Waals surface area contributed by atoms with Crippen LogP contribution in [0.1, 0.15) is 19.0 Å². The number of halogens is 1. The SMILES string of the molecule is Cc1nccnc1N1CCN(CC2(C)CCNC2)CC1.Cl. The van der Waals surface area contributed by atoms with Crippen LogP contribution in [-0.4, -0.2) is 60.7 Å². The number of aromatic nitrogens is 2. The van der Waals surface area contributed by atoms with Gasteiger partial charge in [-0.25, -0.2) is 4.98 Å². The number of nitrogens with zero attached hydrogens (tertiary/aromatic N) is 4. The molecule has 3 rings (SSSR count). The molecule has 0 spiro atoms. The van der Waals surface area contributed by atoms with Crippen LogP contribution in [0, 0.1) is 12.3 Å². The molecule has 1 N–H and O–H groups in total. The van der Waals surface area contributed by atoms with Gasteiger partial charge in [-0.1, -0.05) is 6.92 Å². The molecule has 0 radical (unpaired) electrons. The summed E-state index contributed by atoms with van der Waals surface area (Å²) in [4.78, 5) is 13.8. The van der Waals surface area contributed by atoms with Gasteiger partial charge in [0.15, 0.2) is 0 Å². The molecule has 2 saturated heterocycles. The first-order chi connectivity index (χ1) is 9.66. The average Bonchev–Trinajstić information content (AvgIpc) is 2.87. The van der Waals surface area contributed by atoms with Crippen molar-refractivity contribution in [2.45, 2.75) is 20.3 Å². The molecule has 0 aromatic carbocycles. The van der Waals surface area contributed by atoms with E-state index in [1.807, 2.05) is 6.92 Å². The van der Waals surface area contributed by atoms with Crippen LogP contribution in [-0.2, 0) is 0 Å². The highest BCUT2D eigenvalue weighted by atomic mass is 35.5. The average molecular weight is 312 g/mol. The first kappa shape index (κ1) is 16.5. The van der Waals surface area contributed by atoms with Gasteiger partial charge < -0.3 is 10.2 Å². The maximum absolute atomic E-state index is 4.48. The summed E-state index contributed by atoms with van der Waals surface area (Å²) in [6.07, 6.45) is 4.86. The Morgan fingerprint density at radius 1 is 1.19 bits per heavy atom. The molecule has 0 saturated carbocycles. The maximum Gasteiger partial charge on any atom is 0.150 e. The van der Waals surface area contributed by atoms with Crippen molar-refractivity contribution in [2.75, 3.05) is 50.7 Å². The van der Waals surface area contributed by atoms with Crippen molar-refractivity contribution in [2.24, 2.45) is 5.41 Å². The Balaban J connectivity index is 0.00000161. The summed E-state index contributed by atoms with van der Waals surface area (Å²) in [6.45, 7) is 12.4. The number of aryl methyl sites for hydroxylation is 1. The molecular weight excluding hydrogens is 286 g/mol. The van der Waals surface area contributed by atoms with Crippen molar-refractivity contribution in [1.82, 2.24) is 20.2 Å². The molecule has 0 bridgehead atoms. The second-order valence-corrected chi connectivity index (χ2v) is 6.47. The number of nitrogens with one attached hydrogen (secondary N) is 1. The minimum atomic E-state index is 0. The van der Waals surface area contributed by atoms with E-state index in [0.29, 0.717) is 5.41 Å². The van der Waals surface area contributed by atoms with E-state index < -0.39 is 0 Å². The van der Waals surface area contributed by atoms with Gasteiger partial charge in [0.25, 0.3) is 0 Å². The van der Waals surface area contributed by atoms with Crippen molar-refractivity contribution in [3.05, 3.63) is 18.1 Å². The molecule has 1 atom stereocenters. The zero-order valence-electron chi connectivity index (χ0n) is 13.0. The van der Waals surface area contributed by atoms with Gasteiger partial charge in [-0.15, -0.1) is 12.4 Å². The van der Waals surface area contributed by atoms with Crippen LogP contribution >= 0.6 is 12.4 Å². The third-order valence-corrected chi connectivity index (χ3v) is 4.59. The Labute approximate surface area is 133 Å². The fourth-order valence-corrected chi connectivity index (χ4v) is 3.37. The Morgan fingerprint density at radius 3 is 2.52 bits per heavy atom. The molecule has 0 aliphatic carbocycles. The maximum atomic E-state index is 4.48. The largest absolute Gasteiger partial charge is 0.353 e. The lowest BCUT2D eigenvalue weighted by molar-refractivity contribution is 0.169. The molecule has 0 amide bonds. The first-order valence-corrected chi connectivity index (χ1v) is 7.62. The molecular formula is C15H26ClN5. The number of anilines is 1. The molecule has 2 aliphatic rings. The summed E-state index contributed by atoms with van der Waals surface area (Å²) in [7, 11) is 0. The second-order valence-electron chi connectivity index (χ2n) is 6.47. The molecule has 118 valence electrons. The Kier molecular flexibility index (Phi) is 5.41. The van der Waals surface area contributed by atoms with Gasteiger partial charge in [0.05, 0.1) is 5.69 Å². The van der Waals surface area contributed by atoms with E-state index in [-0.39, 0.29) is 12.4 Å². The summed E-state index contributed by atoms with van der Waals surface area (Å²) in [5.41, 5.74) is 1.50. The van der Waals surface area contributed by atoms with Gasteiger partial charge in [0, 0.05) is 51.7 Å². The smallest absolute Gasteiger partial charge is 0.150 e. The topological polar surface area (TPSA) is 44.3 Å². The zero-order chi connectivity index (χ0) is 14.0. The van der Waals surface area contributed by atoms with E-state index >= 15 is 0 Å². The van der Waals surface area contributed by atoms with E-state index in [1.54, 1.807) is 12.4 Å². The van der Waals surface area contributed by atoms with E-state index in [0.717, 1.165) is 44.2 Å². The van der Waals surface area contributed by atoms with Gasteiger partial charge in [-0.05, 0) is 25.3 Å². The van der Waals surface area contributed by atoms with Gasteiger partial charge in [0.1, 0.15) is 5.82 Å². The van der Waals surface area contributed by atoms with Gasteiger partial charge in [0.2, 0.25) is 0 Å². The lowest BCUT2D eigenvalue weighted by Crippen LogP contribution is -2.50. The fraction of sp³-hybridized carbons (Fsp3) is 0.733. The third-order valence-electron chi connectivity index (χ3n) is 4.59. The molecule has 1 aromatic heterocycles. The van der Waals surface area contributed by atoms with Crippen LogP contribution < -0.4 is 10.2 Å². The number of piperazine rings is 1. The van der Waals surface area contributed by atoms with Gasteiger partial charge >= 0.3 is 0 Å². The van der Waals surface area contributed by atoms with Crippen LogP contribution in [0.4, 0.5) is 5.82 Å². The fourth-order valence-electron chi connectivity index (χ4n) is 3.37. The Bertz CT molecular complexity index is 453. The van der Waals surface area contributed by atoms with Gasteiger partial charge in [-0.2, -0.15) is 0 Å². The van der Waals surface area contributed by atoms with Crippen LogP contribution in [0.2, 0.25) is 0 Å². The van der Waals surface area contributed by atoms with Crippen molar-refractivity contribution in [3.8, 4) is 0 Å². The quantitative estimate of drug-likeness (QED) is 0.912. The Morgan fingerprint density at radius 2 is 1.90 bits per heavy atom. The second kappa shape index (κ2) is 6.90. The molecule has 2 aliphatic heterocycles. The summed E-state index contributed by atoms with van der Waals surface area (Å²) in [5, 5.41) is 3.49. The molecule has 1 aromatic rings. The minimum Gasteiger partial charge on any atom is -0.353 e. The molecule has 6 heteroatoms. The lowest BCUT2D eigenvalue weighted by Gasteiger charge is -2.39. The van der Waals surface area contributed by atoms with Crippen LogP contribution in [0.25, 0.3) is 0 Å². The van der Waals surface area contributed by atoms with E-state index in [9.17, 15) is 0 Å². The molecule has 5 nitrogen and oxygen atoms in total. The first-order valence-electron chi connectivity index (χ1n) is 7.62. The van der Waals surface area contributed by atoms with Crippen LogP contribution in [0.15, 0.2) is 12.4 Å². The number of hydrogen-bond donors (Lipinski definition) is 1. The summed E-state index contributed by atoms with van der Waals surface area (Å²) < 4.78 is 0. The van der Waals surface area contributed by atoms with Gasteiger partial charge in [-0.3, -0.25) is 9.88 Å². The minimum absolute atomic E-state index is 0. The molecule has 2 fully saturated rings. The predicted octanol–water partition coefficient (Wildman–Crippen LogP) is 1.33. The van der Waals surface area contributed by atoms with E-state index in [1.165, 1.54) is 19.5 Å². The number of hydrogen-bond acceptors (Lipinski definition) is 5. The third kappa shape index (κ3) is 3.84. The van der Waals surface area contributed by atoms with Crippen LogP contribution in [0.3, 0.4) is 0 Å². The molecule has 21 heavy (non-hydrogen) atoms. The normalized spacial score (nSPS) is 26.7. The molecule has 1 unspecified atom stereocenters. The molecule has 3 heterocycles. The highest BCUT2D eigenvalue weighted by Gasteiger charge is 2.32. The van der Waals surface area contributed by atoms with Crippen molar-refractivity contribution >= 4 is 18.2 Å². The van der Waals surface area contributed by atoms with Crippen molar-refractivity contribution in [1.29, 1.82) is 0 Å². The lowest BCUT2D eigenvalue weighted by atomic mass is 9.89. The summed E-state index contributed by atoms with van der Waals surface area (Å²) in [6, 6.07) is 0. The standard InChI is InChI=1S/C15H25N5.ClH/c1-13-14(18-6-5-17-13)20-9-7-19(8-10-20)12-15(2)3-4-16-11-15;/h5-6,16H,3-4,7-12H2,1-2H3;1H. The Hall–Kier alpha value is -0.910. The summed E-state index contributed by atoms with van der Waals surface area (Å²) in [5.74, 6) is 1.06. The van der Waals surface area contributed by atoms with Crippen LogP contribution in [0.5, 0.6) is 0 Å². The van der Waals surface area contributed by atoms with Crippen molar-refractivity contribution in [3.63, 3.8) is 0 Å². The van der Waals surface area contributed by atoms with E-state index in [2.05, 4.69) is 32.0 Å². The monoisotopic (exact) mass is 311 g/mol. The predicted molar refractivity (Wildman–Crippen MR) is 88.3 cm³/mol. The number of rotatable bonds is 3. The highest BCUT2D eigenvalue weighted by molar-refractivity contribution is 5.85. The van der Waals surface area contributed by atoms with Crippen molar-refractivity contribution < 1.29 is 0 Å². The zero-order valence-corrected chi connectivity index (χ0v) is 13.8. The summed E-state index contributed by atoms with van der Waals surface area (Å²) >= 11 is 0.